The zero-order chi connectivity index (χ0) is 21.8. The maximum atomic E-state index is 13.6. The molecule has 31 heavy (non-hydrogen) atoms. The van der Waals surface area contributed by atoms with Gasteiger partial charge >= 0.3 is 5.97 Å². The minimum Gasteiger partial charge on any atom is -0.465 e. The molecule has 0 saturated carbocycles. The molecule has 1 spiro atoms. The first-order valence-electron chi connectivity index (χ1n) is 10.6. The number of rotatable bonds is 7. The fourth-order valence-corrected chi connectivity index (χ4v) is 4.32. The van der Waals surface area contributed by atoms with E-state index in [2.05, 4.69) is 0 Å². The van der Waals surface area contributed by atoms with Gasteiger partial charge in [0, 0.05) is 12.0 Å². The molecule has 2 aromatic carbocycles. The van der Waals surface area contributed by atoms with Gasteiger partial charge in [0.25, 0.3) is 5.91 Å². The molecule has 6 heteroatoms. The quantitative estimate of drug-likeness (QED) is 0.503. The largest absolute Gasteiger partial charge is 0.465 e. The highest BCUT2D eigenvalue weighted by Crippen LogP contribution is 2.48. The van der Waals surface area contributed by atoms with Crippen LogP contribution in [0.4, 0.5) is 5.69 Å². The number of carbonyl (C=O) groups is 2. The van der Waals surface area contributed by atoms with E-state index < -0.39 is 11.6 Å². The van der Waals surface area contributed by atoms with Gasteiger partial charge in [0.1, 0.15) is 12.6 Å². The van der Waals surface area contributed by atoms with E-state index in [1.54, 1.807) is 6.92 Å². The summed E-state index contributed by atoms with van der Waals surface area (Å²) in [7, 11) is 0. The second kappa shape index (κ2) is 9.04. The molecular formula is C25H27NO5. The van der Waals surface area contributed by atoms with Gasteiger partial charge in [-0.25, -0.2) is 0 Å². The number of benzene rings is 2. The van der Waals surface area contributed by atoms with Gasteiger partial charge in [0.15, 0.2) is 5.60 Å². The lowest BCUT2D eigenvalue weighted by atomic mass is 9.85. The van der Waals surface area contributed by atoms with Gasteiger partial charge in [0.2, 0.25) is 0 Å². The molecule has 2 atom stereocenters. The van der Waals surface area contributed by atoms with Crippen molar-refractivity contribution >= 4 is 17.6 Å². The zero-order valence-corrected chi connectivity index (χ0v) is 17.9. The molecule has 2 aromatic rings. The van der Waals surface area contributed by atoms with Crippen LogP contribution in [0.15, 0.2) is 66.2 Å². The van der Waals surface area contributed by atoms with Gasteiger partial charge in [-0.1, -0.05) is 60.2 Å². The number of esters is 1. The van der Waals surface area contributed by atoms with Crippen LogP contribution in [0.25, 0.3) is 0 Å². The summed E-state index contributed by atoms with van der Waals surface area (Å²) in [6.07, 6.45) is 2.09. The number of nitrogens with zero attached hydrogens (tertiary/aromatic N) is 1. The Bertz CT molecular complexity index is 986. The SMILES string of the molecule is CCOC(=O)CN1C(=O)[C@@]2(CC(C)=C[C@@H](COCc3ccccc3)O2)c2ccccc21. The van der Waals surface area contributed by atoms with Gasteiger partial charge in [-0.15, -0.1) is 0 Å². The van der Waals surface area contributed by atoms with Crippen molar-refractivity contribution < 1.29 is 23.8 Å². The van der Waals surface area contributed by atoms with E-state index in [-0.39, 0.29) is 25.2 Å². The van der Waals surface area contributed by atoms with E-state index in [1.807, 2.05) is 67.6 Å². The van der Waals surface area contributed by atoms with Crippen LogP contribution in [-0.2, 0) is 36.0 Å². The smallest absolute Gasteiger partial charge is 0.326 e. The zero-order valence-electron chi connectivity index (χ0n) is 17.9. The molecular weight excluding hydrogens is 394 g/mol. The first kappa shape index (κ1) is 21.3. The molecule has 162 valence electrons. The number of hydrogen-bond acceptors (Lipinski definition) is 5. The van der Waals surface area contributed by atoms with Crippen molar-refractivity contribution in [2.45, 2.75) is 38.6 Å². The number of amides is 1. The van der Waals surface area contributed by atoms with Crippen molar-refractivity contribution in [3.63, 3.8) is 0 Å². The summed E-state index contributed by atoms with van der Waals surface area (Å²) >= 11 is 0. The predicted molar refractivity (Wildman–Crippen MR) is 116 cm³/mol. The Labute approximate surface area is 182 Å². The normalized spacial score (nSPS) is 22.4. The third-order valence-corrected chi connectivity index (χ3v) is 5.56. The molecule has 2 aliphatic heterocycles. The lowest BCUT2D eigenvalue weighted by Gasteiger charge is -2.36. The summed E-state index contributed by atoms with van der Waals surface area (Å²) in [5.74, 6) is -0.671. The van der Waals surface area contributed by atoms with Gasteiger partial charge in [-0.05, 0) is 25.5 Å². The molecule has 0 radical (unpaired) electrons. The highest BCUT2D eigenvalue weighted by atomic mass is 16.6. The minimum atomic E-state index is -1.15. The molecule has 0 aromatic heterocycles. The van der Waals surface area contributed by atoms with Crippen LogP contribution in [0.3, 0.4) is 0 Å². The summed E-state index contributed by atoms with van der Waals surface area (Å²) in [6, 6.07) is 17.4. The van der Waals surface area contributed by atoms with Crippen LogP contribution in [0.1, 0.15) is 31.4 Å². The highest BCUT2D eigenvalue weighted by molar-refractivity contribution is 6.09. The Hall–Kier alpha value is -2.96. The molecule has 2 heterocycles. The third-order valence-electron chi connectivity index (χ3n) is 5.56. The Morgan fingerprint density at radius 3 is 2.68 bits per heavy atom. The second-order valence-electron chi connectivity index (χ2n) is 7.89. The van der Waals surface area contributed by atoms with Crippen LogP contribution in [0, 0.1) is 0 Å². The van der Waals surface area contributed by atoms with Gasteiger partial charge < -0.3 is 14.2 Å². The summed E-state index contributed by atoms with van der Waals surface area (Å²) in [6.45, 7) is 4.69. The fourth-order valence-electron chi connectivity index (χ4n) is 4.32. The maximum Gasteiger partial charge on any atom is 0.326 e. The first-order chi connectivity index (χ1) is 15.0. The molecule has 4 rings (SSSR count). The van der Waals surface area contributed by atoms with Gasteiger partial charge in [-0.3, -0.25) is 14.5 Å². The van der Waals surface area contributed by atoms with E-state index in [4.69, 9.17) is 14.2 Å². The van der Waals surface area contributed by atoms with Crippen molar-refractivity contribution in [2.75, 3.05) is 24.7 Å². The Kier molecular flexibility index (Phi) is 6.20. The monoisotopic (exact) mass is 421 g/mol. The van der Waals surface area contributed by atoms with E-state index in [9.17, 15) is 9.59 Å². The van der Waals surface area contributed by atoms with Crippen molar-refractivity contribution in [1.29, 1.82) is 0 Å². The van der Waals surface area contributed by atoms with E-state index in [0.717, 1.165) is 16.7 Å². The van der Waals surface area contributed by atoms with Crippen LogP contribution in [0.5, 0.6) is 0 Å². The molecule has 0 fully saturated rings. The summed E-state index contributed by atoms with van der Waals surface area (Å²) in [5, 5.41) is 0. The summed E-state index contributed by atoms with van der Waals surface area (Å²) in [5.41, 5.74) is 2.46. The van der Waals surface area contributed by atoms with E-state index >= 15 is 0 Å². The molecule has 0 bridgehead atoms. The van der Waals surface area contributed by atoms with Crippen LogP contribution in [0.2, 0.25) is 0 Å². The van der Waals surface area contributed by atoms with Crippen molar-refractivity contribution in [2.24, 2.45) is 0 Å². The van der Waals surface area contributed by atoms with E-state index in [0.29, 0.717) is 25.3 Å². The average Bonchev–Trinajstić information content (AvgIpc) is 2.97. The highest BCUT2D eigenvalue weighted by Gasteiger charge is 2.54. The predicted octanol–water partition coefficient (Wildman–Crippen LogP) is 3.74. The molecule has 0 unspecified atom stereocenters. The molecule has 2 aliphatic rings. The summed E-state index contributed by atoms with van der Waals surface area (Å²) < 4.78 is 17.4. The average molecular weight is 421 g/mol. The second-order valence-corrected chi connectivity index (χ2v) is 7.89. The number of anilines is 1. The minimum absolute atomic E-state index is 0.132. The third kappa shape index (κ3) is 4.27. The lowest BCUT2D eigenvalue weighted by molar-refractivity contribution is -0.157. The molecule has 0 N–H and O–H groups in total. The fraction of sp³-hybridized carbons (Fsp3) is 0.360. The van der Waals surface area contributed by atoms with Crippen molar-refractivity contribution in [3.8, 4) is 0 Å². The molecule has 0 aliphatic carbocycles. The Morgan fingerprint density at radius 2 is 1.90 bits per heavy atom. The molecule has 6 nitrogen and oxygen atoms in total. The number of carbonyl (C=O) groups excluding carboxylic acids is 2. The van der Waals surface area contributed by atoms with Gasteiger partial charge in [0.05, 0.1) is 25.5 Å². The number of fused-ring (bicyclic) bond motifs is 2. The topological polar surface area (TPSA) is 65.1 Å². The van der Waals surface area contributed by atoms with E-state index in [1.165, 1.54) is 4.90 Å². The number of para-hydroxylation sites is 1. The van der Waals surface area contributed by atoms with Crippen molar-refractivity contribution in [1.82, 2.24) is 0 Å². The lowest BCUT2D eigenvalue weighted by Crippen LogP contribution is -2.48. The number of hydrogen-bond donors (Lipinski definition) is 0. The first-order valence-corrected chi connectivity index (χ1v) is 10.6. The Balaban J connectivity index is 1.55. The molecule has 1 amide bonds. The summed E-state index contributed by atoms with van der Waals surface area (Å²) in [4.78, 5) is 27.2. The Morgan fingerprint density at radius 1 is 1.16 bits per heavy atom. The van der Waals surface area contributed by atoms with Crippen LogP contribution < -0.4 is 4.90 Å². The van der Waals surface area contributed by atoms with Crippen LogP contribution in [-0.4, -0.2) is 37.7 Å². The van der Waals surface area contributed by atoms with Crippen LogP contribution >= 0.6 is 0 Å². The maximum absolute atomic E-state index is 13.6. The molecule has 0 saturated heterocycles. The van der Waals surface area contributed by atoms with Crippen molar-refractivity contribution in [3.05, 3.63) is 77.4 Å². The standard InChI is InChI=1S/C25H27NO5/c1-3-30-23(27)15-26-22-12-8-7-11-21(22)25(24(26)28)14-18(2)13-20(31-25)17-29-16-19-9-5-4-6-10-19/h4-13,20H,3,14-17H2,1-2H3/t20-,25+/m0/s1. The van der Waals surface area contributed by atoms with Gasteiger partial charge in [-0.2, -0.15) is 0 Å². The number of ether oxygens (including phenoxy) is 3.